The number of para-hydroxylation sites is 1. The summed E-state index contributed by atoms with van der Waals surface area (Å²) in [6.45, 7) is -0.0850. The summed E-state index contributed by atoms with van der Waals surface area (Å²) in [7, 11) is 0. The molecule has 0 aliphatic heterocycles. The highest BCUT2D eigenvalue weighted by molar-refractivity contribution is 5.73. The van der Waals surface area contributed by atoms with Crippen LogP contribution in [0.2, 0.25) is 0 Å². The molecule has 0 saturated carbocycles. The quantitative estimate of drug-likeness (QED) is 0.649. The molecule has 10 heteroatoms. The molecule has 2 rings (SSSR count). The van der Waals surface area contributed by atoms with E-state index in [1.54, 1.807) is 30.3 Å². The number of aliphatic carboxylic acids is 1. The van der Waals surface area contributed by atoms with Crippen molar-refractivity contribution in [3.8, 4) is 23.1 Å². The van der Waals surface area contributed by atoms with Crippen molar-refractivity contribution in [2.45, 2.75) is 12.6 Å². The topological polar surface area (TPSA) is 140 Å². The van der Waals surface area contributed by atoms with Crippen LogP contribution in [0.25, 0.3) is 11.3 Å². The average molecular weight is 369 g/mol. The number of pyridine rings is 1. The molecule has 0 amide bonds. The highest BCUT2D eigenvalue weighted by atomic mass is 19.4. The zero-order chi connectivity index (χ0) is 19.9. The zero-order valence-corrected chi connectivity index (χ0v) is 13.2. The minimum absolute atomic E-state index is 0.0850. The van der Waals surface area contributed by atoms with Crippen molar-refractivity contribution in [3.05, 3.63) is 41.5 Å². The SMILES string of the molecule is N#Cc1c(CCO)cc(-c2ccccc2O)nc1N.O=C(O)C(F)(F)F. The summed E-state index contributed by atoms with van der Waals surface area (Å²) in [6.07, 6.45) is -4.77. The van der Waals surface area contributed by atoms with Gasteiger partial charge >= 0.3 is 12.1 Å². The van der Waals surface area contributed by atoms with Gasteiger partial charge in [-0.15, -0.1) is 0 Å². The number of phenols is 1. The molecule has 0 aliphatic carbocycles. The first kappa shape index (κ1) is 20.7. The summed E-state index contributed by atoms with van der Waals surface area (Å²) >= 11 is 0. The molecular formula is C16H14F3N3O4. The molecule has 0 saturated heterocycles. The number of nitriles is 1. The molecule has 26 heavy (non-hydrogen) atoms. The second-order valence-corrected chi connectivity index (χ2v) is 4.83. The van der Waals surface area contributed by atoms with Gasteiger partial charge in [0.25, 0.3) is 0 Å². The first-order valence-electron chi connectivity index (χ1n) is 7.00. The Hall–Kier alpha value is -3.32. The number of carboxylic acids is 1. The van der Waals surface area contributed by atoms with Crippen molar-refractivity contribution >= 4 is 11.8 Å². The van der Waals surface area contributed by atoms with E-state index in [1.807, 2.05) is 6.07 Å². The number of nitrogens with zero attached hydrogens (tertiary/aromatic N) is 2. The fourth-order valence-electron chi connectivity index (χ4n) is 1.89. The van der Waals surface area contributed by atoms with E-state index < -0.39 is 12.1 Å². The van der Waals surface area contributed by atoms with Gasteiger partial charge in [-0.25, -0.2) is 9.78 Å². The van der Waals surface area contributed by atoms with Crippen LogP contribution in [0.4, 0.5) is 19.0 Å². The van der Waals surface area contributed by atoms with E-state index in [0.29, 0.717) is 23.2 Å². The number of alkyl halides is 3. The molecule has 1 aromatic carbocycles. The van der Waals surface area contributed by atoms with E-state index in [0.717, 1.165) is 0 Å². The molecule has 0 aliphatic rings. The van der Waals surface area contributed by atoms with Gasteiger partial charge in [0.05, 0.1) is 11.3 Å². The smallest absolute Gasteiger partial charge is 0.490 e. The lowest BCUT2D eigenvalue weighted by Crippen LogP contribution is -2.21. The number of benzene rings is 1. The lowest BCUT2D eigenvalue weighted by molar-refractivity contribution is -0.192. The number of hydrogen-bond donors (Lipinski definition) is 4. The minimum atomic E-state index is -5.08. The molecule has 0 radical (unpaired) electrons. The molecular weight excluding hydrogens is 355 g/mol. The molecule has 5 N–H and O–H groups in total. The Morgan fingerprint density at radius 3 is 2.35 bits per heavy atom. The van der Waals surface area contributed by atoms with Crippen LogP contribution < -0.4 is 5.73 Å². The van der Waals surface area contributed by atoms with Gasteiger partial charge in [0.1, 0.15) is 17.6 Å². The fourth-order valence-corrected chi connectivity index (χ4v) is 1.89. The molecule has 0 bridgehead atoms. The number of rotatable bonds is 3. The number of aromatic nitrogens is 1. The Bertz CT molecular complexity index is 832. The number of aliphatic hydroxyl groups excluding tert-OH is 1. The maximum atomic E-state index is 10.6. The molecule has 0 fully saturated rings. The van der Waals surface area contributed by atoms with Gasteiger partial charge in [0.15, 0.2) is 0 Å². The third kappa shape index (κ3) is 5.35. The van der Waals surface area contributed by atoms with Crippen LogP contribution >= 0.6 is 0 Å². The van der Waals surface area contributed by atoms with Gasteiger partial charge < -0.3 is 21.1 Å². The number of carbonyl (C=O) groups is 1. The number of anilines is 1. The summed E-state index contributed by atoms with van der Waals surface area (Å²) in [5.74, 6) is -2.56. The molecule has 138 valence electrons. The predicted molar refractivity (Wildman–Crippen MR) is 84.9 cm³/mol. The number of nitrogen functional groups attached to an aromatic ring is 1. The van der Waals surface area contributed by atoms with Gasteiger partial charge in [0.2, 0.25) is 0 Å². The molecule has 7 nitrogen and oxygen atoms in total. The van der Waals surface area contributed by atoms with Crippen molar-refractivity contribution < 1.29 is 33.3 Å². The van der Waals surface area contributed by atoms with Crippen molar-refractivity contribution in [2.24, 2.45) is 0 Å². The first-order chi connectivity index (χ1) is 12.1. The van der Waals surface area contributed by atoms with Crippen molar-refractivity contribution in [2.75, 3.05) is 12.3 Å². The lowest BCUT2D eigenvalue weighted by atomic mass is 10.0. The Labute approximate surface area is 145 Å². The van der Waals surface area contributed by atoms with Crippen LogP contribution in [0.5, 0.6) is 5.75 Å². The van der Waals surface area contributed by atoms with Crippen LogP contribution in [0, 0.1) is 11.3 Å². The maximum absolute atomic E-state index is 10.6. The summed E-state index contributed by atoms with van der Waals surface area (Å²) in [5.41, 5.74) is 7.67. The first-order valence-corrected chi connectivity index (χ1v) is 7.00. The maximum Gasteiger partial charge on any atom is 0.490 e. The fraction of sp³-hybridized carbons (Fsp3) is 0.188. The zero-order valence-electron chi connectivity index (χ0n) is 13.2. The summed E-state index contributed by atoms with van der Waals surface area (Å²) in [4.78, 5) is 13.0. The van der Waals surface area contributed by atoms with Crippen LogP contribution in [0.3, 0.4) is 0 Å². The van der Waals surface area contributed by atoms with Gasteiger partial charge in [-0.3, -0.25) is 0 Å². The molecule has 0 unspecified atom stereocenters. The summed E-state index contributed by atoms with van der Waals surface area (Å²) in [5, 5.41) is 35.0. The Morgan fingerprint density at radius 2 is 1.88 bits per heavy atom. The molecule has 1 aromatic heterocycles. The highest BCUT2D eigenvalue weighted by Gasteiger charge is 2.38. The van der Waals surface area contributed by atoms with Crippen molar-refractivity contribution in [3.63, 3.8) is 0 Å². The van der Waals surface area contributed by atoms with Crippen molar-refractivity contribution in [1.29, 1.82) is 5.26 Å². The number of aromatic hydroxyl groups is 1. The van der Waals surface area contributed by atoms with E-state index in [1.165, 1.54) is 0 Å². The third-order valence-corrected chi connectivity index (χ3v) is 3.04. The Balaban J connectivity index is 0.000000412. The number of halogens is 3. The Morgan fingerprint density at radius 1 is 1.31 bits per heavy atom. The van der Waals surface area contributed by atoms with Crippen LogP contribution in [0.1, 0.15) is 11.1 Å². The van der Waals surface area contributed by atoms with Gasteiger partial charge in [-0.1, -0.05) is 12.1 Å². The normalized spacial score (nSPS) is 10.4. The summed E-state index contributed by atoms with van der Waals surface area (Å²) < 4.78 is 31.7. The highest BCUT2D eigenvalue weighted by Crippen LogP contribution is 2.30. The number of nitrogens with two attached hydrogens (primary N) is 1. The van der Waals surface area contributed by atoms with E-state index >= 15 is 0 Å². The van der Waals surface area contributed by atoms with E-state index in [9.17, 15) is 18.3 Å². The standard InChI is InChI=1S/C14H13N3O2.C2HF3O2/c15-8-11-9(5-6-18)7-12(17-14(11)16)10-3-1-2-4-13(10)19;3-2(4,5)1(6)7/h1-4,7,18-19H,5-6H2,(H2,16,17);(H,6,7). The predicted octanol–water partition coefficient (Wildman–Crippen LogP) is 2.08. The van der Waals surface area contributed by atoms with E-state index in [2.05, 4.69) is 4.98 Å². The molecule has 0 spiro atoms. The van der Waals surface area contributed by atoms with Gasteiger partial charge in [-0.2, -0.15) is 18.4 Å². The second kappa shape index (κ2) is 8.68. The Kier molecular flexibility index (Phi) is 6.92. The molecule has 0 atom stereocenters. The second-order valence-electron chi connectivity index (χ2n) is 4.83. The van der Waals surface area contributed by atoms with Gasteiger partial charge in [-0.05, 0) is 30.2 Å². The summed E-state index contributed by atoms with van der Waals surface area (Å²) in [6, 6.07) is 10.4. The molecule has 2 aromatic rings. The number of carboxylic acid groups (broad SMARTS) is 1. The van der Waals surface area contributed by atoms with Crippen LogP contribution in [0.15, 0.2) is 30.3 Å². The monoisotopic (exact) mass is 369 g/mol. The largest absolute Gasteiger partial charge is 0.507 e. The van der Waals surface area contributed by atoms with Crippen LogP contribution in [-0.4, -0.2) is 39.1 Å². The van der Waals surface area contributed by atoms with Gasteiger partial charge in [0, 0.05) is 12.2 Å². The van der Waals surface area contributed by atoms with E-state index in [-0.39, 0.29) is 23.7 Å². The number of aliphatic hydroxyl groups is 1. The van der Waals surface area contributed by atoms with Crippen LogP contribution in [-0.2, 0) is 11.2 Å². The lowest BCUT2D eigenvalue weighted by Gasteiger charge is -2.09. The molecule has 1 heterocycles. The minimum Gasteiger partial charge on any atom is -0.507 e. The van der Waals surface area contributed by atoms with E-state index in [4.69, 9.17) is 26.0 Å². The number of hydrogen-bond acceptors (Lipinski definition) is 6. The number of phenolic OH excluding ortho intramolecular Hbond substituents is 1. The van der Waals surface area contributed by atoms with Crippen molar-refractivity contribution in [1.82, 2.24) is 4.98 Å². The third-order valence-electron chi connectivity index (χ3n) is 3.04. The average Bonchev–Trinajstić information content (AvgIpc) is 2.55.